The van der Waals surface area contributed by atoms with E-state index in [-0.39, 0.29) is 0 Å². The molecule has 6 aromatic rings. The predicted molar refractivity (Wildman–Crippen MR) is 157 cm³/mol. The molecule has 1 unspecified atom stereocenters. The number of hydrogen-bond donors (Lipinski definition) is 1. The molecule has 0 aliphatic heterocycles. The molecule has 0 bridgehead atoms. The van der Waals surface area contributed by atoms with Crippen molar-refractivity contribution in [1.29, 1.82) is 0 Å². The molecule has 0 aliphatic carbocycles. The molecule has 1 N–H and O–H groups in total. The summed E-state index contributed by atoms with van der Waals surface area (Å²) in [5, 5.41) is 18.5. The first-order valence-corrected chi connectivity index (χ1v) is 13.2. The maximum absolute atomic E-state index is 12.1. The van der Waals surface area contributed by atoms with Gasteiger partial charge in [-0.1, -0.05) is 77.8 Å². The van der Waals surface area contributed by atoms with E-state index in [2.05, 4.69) is 10.1 Å². The smallest absolute Gasteiger partial charge is 0.120 e. The predicted octanol–water partition coefficient (Wildman–Crippen LogP) is 7.48. The zero-order chi connectivity index (χ0) is 27.0. The Bertz CT molecular complexity index is 1770. The summed E-state index contributed by atoms with van der Waals surface area (Å²) in [6.07, 6.45) is 7.42. The lowest BCUT2D eigenvalue weighted by Crippen LogP contribution is -2.30. The summed E-state index contributed by atoms with van der Waals surface area (Å²) in [6.45, 7) is 0. The molecule has 0 saturated heterocycles. The molecule has 3 aromatic carbocycles. The van der Waals surface area contributed by atoms with Crippen LogP contribution in [0.2, 0.25) is 10.0 Å². The van der Waals surface area contributed by atoms with Gasteiger partial charge in [-0.3, -0.25) is 9.67 Å². The third kappa shape index (κ3) is 4.81. The van der Waals surface area contributed by atoms with Crippen LogP contribution in [0.4, 0.5) is 0 Å². The summed E-state index contributed by atoms with van der Waals surface area (Å²) in [5.74, 6) is 0. The Morgan fingerprint density at radius 3 is 2.33 bits per heavy atom. The summed E-state index contributed by atoms with van der Waals surface area (Å²) in [6, 6.07) is 26.9. The van der Waals surface area contributed by atoms with Crippen molar-refractivity contribution in [3.8, 4) is 22.4 Å². The monoisotopic (exact) mass is 550 g/mol. The van der Waals surface area contributed by atoms with E-state index in [4.69, 9.17) is 28.2 Å². The van der Waals surface area contributed by atoms with Crippen molar-refractivity contribution >= 4 is 34.1 Å². The highest BCUT2D eigenvalue weighted by Crippen LogP contribution is 2.41. The summed E-state index contributed by atoms with van der Waals surface area (Å²) in [4.78, 5) is 9.30. The van der Waals surface area contributed by atoms with Gasteiger partial charge in [-0.15, -0.1) is 0 Å². The molecular weight excluding hydrogens is 527 g/mol. The fourth-order valence-electron chi connectivity index (χ4n) is 5.00. The number of aryl methyl sites for hydroxylation is 1. The minimum atomic E-state index is -1.33. The van der Waals surface area contributed by atoms with Gasteiger partial charge in [-0.2, -0.15) is 5.10 Å². The number of nitrogens with zero attached hydrogens (tertiary/aromatic N) is 4. The molecule has 0 saturated carbocycles. The van der Waals surface area contributed by atoms with Gasteiger partial charge in [0, 0.05) is 59.2 Å². The van der Waals surface area contributed by atoms with Gasteiger partial charge in [0.25, 0.3) is 0 Å². The lowest BCUT2D eigenvalue weighted by Gasteiger charge is -2.29. The van der Waals surface area contributed by atoms with Crippen LogP contribution in [-0.4, -0.2) is 24.9 Å². The second-order valence-corrected chi connectivity index (χ2v) is 10.4. The molecule has 3 aromatic heterocycles. The van der Waals surface area contributed by atoms with Crippen LogP contribution < -0.4 is 0 Å². The number of halogens is 2. The van der Waals surface area contributed by atoms with Gasteiger partial charge in [0.1, 0.15) is 5.60 Å². The van der Waals surface area contributed by atoms with Crippen LogP contribution in [0.1, 0.15) is 16.7 Å². The Balaban J connectivity index is 1.51. The van der Waals surface area contributed by atoms with Gasteiger partial charge in [0.15, 0.2) is 0 Å². The molecule has 3 heterocycles. The maximum Gasteiger partial charge on any atom is 0.120 e. The molecule has 0 aliphatic rings. The van der Waals surface area contributed by atoms with Crippen molar-refractivity contribution in [2.75, 3.05) is 0 Å². The largest absolute Gasteiger partial charge is 0.380 e. The normalized spacial score (nSPS) is 12.9. The van der Waals surface area contributed by atoms with E-state index in [0.29, 0.717) is 22.0 Å². The number of benzene rings is 3. The Labute approximate surface area is 236 Å². The van der Waals surface area contributed by atoms with Crippen LogP contribution in [0.3, 0.4) is 0 Å². The molecular formula is C32H24Cl2N4O. The van der Waals surface area contributed by atoms with Crippen LogP contribution >= 0.6 is 23.2 Å². The molecule has 192 valence electrons. The summed E-state index contributed by atoms with van der Waals surface area (Å²) < 4.78 is 1.75. The number of fused-ring (bicyclic) bond motifs is 1. The molecule has 1 atom stereocenters. The van der Waals surface area contributed by atoms with E-state index in [0.717, 1.165) is 44.4 Å². The first-order chi connectivity index (χ1) is 18.9. The van der Waals surface area contributed by atoms with Crippen LogP contribution in [-0.2, 0) is 19.1 Å². The van der Waals surface area contributed by atoms with Gasteiger partial charge in [-0.05, 0) is 47.0 Å². The number of aliphatic hydroxyl groups is 1. The first-order valence-electron chi connectivity index (χ1n) is 12.5. The number of hydrogen-bond acceptors (Lipinski definition) is 4. The third-order valence-electron chi connectivity index (χ3n) is 6.95. The number of aromatic nitrogens is 4. The quantitative estimate of drug-likeness (QED) is 0.233. The summed E-state index contributed by atoms with van der Waals surface area (Å²) in [7, 11) is 1.88. The first kappa shape index (κ1) is 25.3. The van der Waals surface area contributed by atoms with Crippen LogP contribution in [0.25, 0.3) is 33.3 Å². The van der Waals surface area contributed by atoms with Gasteiger partial charge in [-0.25, -0.2) is 4.98 Å². The van der Waals surface area contributed by atoms with Gasteiger partial charge in [0.2, 0.25) is 0 Å². The topological polar surface area (TPSA) is 63.8 Å². The fourth-order valence-corrected chi connectivity index (χ4v) is 5.48. The third-order valence-corrected chi connectivity index (χ3v) is 7.59. The zero-order valence-corrected chi connectivity index (χ0v) is 22.6. The van der Waals surface area contributed by atoms with Crippen LogP contribution in [0.15, 0.2) is 110 Å². The fraction of sp³-hybridized carbons (Fsp3) is 0.0938. The molecule has 7 heteroatoms. The Morgan fingerprint density at radius 2 is 1.64 bits per heavy atom. The van der Waals surface area contributed by atoms with Crippen molar-refractivity contribution in [3.63, 3.8) is 0 Å². The van der Waals surface area contributed by atoms with Crippen molar-refractivity contribution < 1.29 is 5.11 Å². The minimum absolute atomic E-state index is 0.303. The molecule has 0 fully saturated rings. The average molecular weight is 551 g/mol. The molecule has 5 nitrogen and oxygen atoms in total. The van der Waals surface area contributed by atoms with Gasteiger partial charge < -0.3 is 5.11 Å². The summed E-state index contributed by atoms with van der Waals surface area (Å²) in [5.41, 5.74) is 5.22. The van der Waals surface area contributed by atoms with E-state index >= 15 is 0 Å². The van der Waals surface area contributed by atoms with Crippen LogP contribution in [0.5, 0.6) is 0 Å². The second-order valence-electron chi connectivity index (χ2n) is 9.56. The van der Waals surface area contributed by atoms with E-state index in [1.165, 1.54) is 0 Å². The molecule has 0 spiro atoms. The SMILES string of the molecule is Cn1cc(-c2nc3ccc(CC(O)(c4ccc(Cl)cc4)c4cccnc4)cc3c(Cl)c2-c2ccccc2)cn1. The highest BCUT2D eigenvalue weighted by molar-refractivity contribution is 6.39. The molecule has 39 heavy (non-hydrogen) atoms. The standard InChI is InChI=1S/C32H24Cl2N4O/c1-38-20-23(18-36-38)31-29(22-6-3-2-4-7-22)30(34)27-16-21(9-14-28(27)37-31)17-32(39,25-8-5-15-35-19-25)24-10-12-26(33)13-11-24/h2-16,18-20,39H,17H2,1H3. The second kappa shape index (κ2) is 10.3. The highest BCUT2D eigenvalue weighted by atomic mass is 35.5. The molecule has 0 amide bonds. The Kier molecular flexibility index (Phi) is 6.65. The van der Waals surface area contributed by atoms with Crippen molar-refractivity contribution in [2.45, 2.75) is 12.0 Å². The number of rotatable bonds is 6. The maximum atomic E-state index is 12.1. The highest BCUT2D eigenvalue weighted by Gasteiger charge is 2.32. The lowest BCUT2D eigenvalue weighted by molar-refractivity contribution is 0.0808. The molecule has 0 radical (unpaired) electrons. The Hall–Kier alpha value is -4.03. The van der Waals surface area contributed by atoms with Gasteiger partial charge >= 0.3 is 0 Å². The van der Waals surface area contributed by atoms with E-state index < -0.39 is 5.60 Å². The van der Waals surface area contributed by atoms with Crippen molar-refractivity contribution in [3.05, 3.63) is 136 Å². The molecule has 6 rings (SSSR count). The minimum Gasteiger partial charge on any atom is -0.380 e. The Morgan fingerprint density at radius 1 is 0.846 bits per heavy atom. The van der Waals surface area contributed by atoms with E-state index in [9.17, 15) is 5.11 Å². The lowest BCUT2D eigenvalue weighted by atomic mass is 9.82. The average Bonchev–Trinajstić information content (AvgIpc) is 3.40. The zero-order valence-electron chi connectivity index (χ0n) is 21.1. The van der Waals surface area contributed by atoms with Crippen molar-refractivity contribution in [1.82, 2.24) is 19.7 Å². The summed E-state index contributed by atoms with van der Waals surface area (Å²) >= 11 is 13.3. The number of pyridine rings is 2. The van der Waals surface area contributed by atoms with Crippen molar-refractivity contribution in [2.24, 2.45) is 7.05 Å². The van der Waals surface area contributed by atoms with Crippen LogP contribution in [0, 0.1) is 0 Å². The van der Waals surface area contributed by atoms with E-state index in [1.54, 1.807) is 35.4 Å². The van der Waals surface area contributed by atoms with Gasteiger partial charge in [0.05, 0.1) is 22.4 Å². The van der Waals surface area contributed by atoms with E-state index in [1.807, 2.05) is 86.0 Å².